The molecule has 1 unspecified atom stereocenters. The summed E-state index contributed by atoms with van der Waals surface area (Å²) in [5.41, 5.74) is 8.84. The van der Waals surface area contributed by atoms with Gasteiger partial charge in [0.05, 0.1) is 5.56 Å². The number of nitrogens with zero attached hydrogens (tertiary/aromatic N) is 3. The third-order valence-corrected chi connectivity index (χ3v) is 3.97. The van der Waals surface area contributed by atoms with Crippen molar-refractivity contribution in [3.8, 4) is 11.1 Å². The van der Waals surface area contributed by atoms with Gasteiger partial charge in [0.1, 0.15) is 11.5 Å². The Morgan fingerprint density at radius 1 is 1.15 bits per heavy atom. The van der Waals surface area contributed by atoms with E-state index < -0.39 is 12.1 Å². The number of aryl methyl sites for hydroxylation is 1. The molecule has 0 bridgehead atoms. The van der Waals surface area contributed by atoms with Gasteiger partial charge in [-0.25, -0.2) is 9.97 Å². The summed E-state index contributed by atoms with van der Waals surface area (Å²) >= 11 is 0. The Labute approximate surface area is 152 Å². The van der Waals surface area contributed by atoms with E-state index in [4.69, 9.17) is 5.73 Å². The van der Waals surface area contributed by atoms with Crippen LogP contribution >= 0.6 is 0 Å². The van der Waals surface area contributed by atoms with E-state index in [1.165, 1.54) is 0 Å². The van der Waals surface area contributed by atoms with Crippen molar-refractivity contribution >= 4 is 22.8 Å². The van der Waals surface area contributed by atoms with Crippen LogP contribution in [-0.2, 0) is 7.05 Å². The number of pyridine rings is 2. The fraction of sp³-hybridized carbons (Fsp3) is 0.316. The Bertz CT molecular complexity index is 933. The molecule has 4 rings (SSSR count). The van der Waals surface area contributed by atoms with Crippen molar-refractivity contribution in [3.63, 3.8) is 0 Å². The van der Waals surface area contributed by atoms with E-state index in [1.54, 1.807) is 12.4 Å². The summed E-state index contributed by atoms with van der Waals surface area (Å²) in [6.45, 7) is 8.00. The average molecular weight is 355 g/mol. The first-order valence-corrected chi connectivity index (χ1v) is 8.75. The first kappa shape index (κ1) is 19.4. The predicted molar refractivity (Wildman–Crippen MR) is 103 cm³/mol. The largest absolute Gasteiger partial charge is 0.383 e. The third-order valence-electron chi connectivity index (χ3n) is 3.97. The molecular formula is C19H25N5O2. The van der Waals surface area contributed by atoms with Gasteiger partial charge in [0.15, 0.2) is 6.23 Å². The van der Waals surface area contributed by atoms with Crippen LogP contribution in [0.4, 0.5) is 5.82 Å². The van der Waals surface area contributed by atoms with Gasteiger partial charge in [0.2, 0.25) is 0 Å². The maximum atomic E-state index is 11.9. The minimum atomic E-state index is -1.09. The number of carbonyl (C=O) groups excluding carboxylic acids is 1. The van der Waals surface area contributed by atoms with E-state index in [0.717, 1.165) is 16.6 Å². The van der Waals surface area contributed by atoms with Crippen molar-refractivity contribution < 1.29 is 9.90 Å². The molecule has 1 aliphatic heterocycles. The zero-order valence-electron chi connectivity index (χ0n) is 15.7. The molecule has 1 amide bonds. The number of fused-ring (bicyclic) bond motifs is 2. The van der Waals surface area contributed by atoms with Gasteiger partial charge in [-0.2, -0.15) is 0 Å². The Kier molecular flexibility index (Phi) is 5.94. The first-order valence-electron chi connectivity index (χ1n) is 8.75. The van der Waals surface area contributed by atoms with Crippen LogP contribution in [0.15, 0.2) is 30.7 Å². The Balaban J connectivity index is 0.000000570. The zero-order chi connectivity index (χ0) is 19.4. The second kappa shape index (κ2) is 7.97. The third kappa shape index (κ3) is 3.01. The van der Waals surface area contributed by atoms with Crippen LogP contribution in [0, 0.1) is 0 Å². The summed E-state index contributed by atoms with van der Waals surface area (Å²) in [7, 11) is 1.91. The lowest BCUT2D eigenvalue weighted by molar-refractivity contribution is 0.0851. The number of hydrogen-bond acceptors (Lipinski definition) is 5. The van der Waals surface area contributed by atoms with Crippen LogP contribution in [0.5, 0.6) is 0 Å². The minimum Gasteiger partial charge on any atom is -0.383 e. The molecule has 0 aromatic carbocycles. The molecule has 0 saturated carbocycles. The Morgan fingerprint density at radius 3 is 2.54 bits per heavy atom. The molecule has 3 aromatic heterocycles. The van der Waals surface area contributed by atoms with E-state index in [0.29, 0.717) is 11.1 Å². The lowest BCUT2D eigenvalue weighted by Crippen LogP contribution is -2.18. The molecule has 138 valence electrons. The number of aliphatic hydroxyl groups excluding tert-OH is 1. The van der Waals surface area contributed by atoms with E-state index >= 15 is 0 Å². The van der Waals surface area contributed by atoms with Gasteiger partial charge in [0, 0.05) is 42.2 Å². The number of nitrogens with one attached hydrogen (secondary N) is 1. The molecule has 4 N–H and O–H groups in total. The van der Waals surface area contributed by atoms with Crippen LogP contribution in [0.3, 0.4) is 0 Å². The fourth-order valence-electron chi connectivity index (χ4n) is 2.95. The highest BCUT2D eigenvalue weighted by atomic mass is 16.3. The molecule has 1 aliphatic rings. The van der Waals surface area contributed by atoms with E-state index in [1.807, 2.05) is 57.6 Å². The van der Waals surface area contributed by atoms with Crippen LogP contribution in [0.2, 0.25) is 0 Å². The summed E-state index contributed by atoms with van der Waals surface area (Å²) in [6.07, 6.45) is 4.09. The minimum absolute atomic E-state index is 0.117. The van der Waals surface area contributed by atoms with Crippen molar-refractivity contribution in [1.29, 1.82) is 0 Å². The Hall–Kier alpha value is -2.93. The van der Waals surface area contributed by atoms with Crippen LogP contribution in [0.25, 0.3) is 22.2 Å². The summed E-state index contributed by atoms with van der Waals surface area (Å²) in [6, 6.07) is 3.78. The Morgan fingerprint density at radius 2 is 1.85 bits per heavy atom. The molecule has 7 nitrogen and oxygen atoms in total. The summed E-state index contributed by atoms with van der Waals surface area (Å²) in [5, 5.41) is 13.5. The smallest absolute Gasteiger partial charge is 0.257 e. The first-order chi connectivity index (χ1) is 12.6. The number of nitrogens with two attached hydrogens (primary N) is 1. The molecule has 0 saturated heterocycles. The molecule has 0 aliphatic carbocycles. The fourth-order valence-corrected chi connectivity index (χ4v) is 2.95. The molecule has 0 radical (unpaired) electrons. The molecule has 26 heavy (non-hydrogen) atoms. The number of anilines is 1. The van der Waals surface area contributed by atoms with Crippen molar-refractivity contribution in [1.82, 2.24) is 19.9 Å². The van der Waals surface area contributed by atoms with E-state index in [9.17, 15) is 9.90 Å². The lowest BCUT2D eigenvalue weighted by Gasteiger charge is -2.12. The summed E-state index contributed by atoms with van der Waals surface area (Å²) in [5.74, 6) is -0.293. The van der Waals surface area contributed by atoms with Crippen molar-refractivity contribution in [2.45, 2.75) is 33.9 Å². The van der Waals surface area contributed by atoms with Crippen molar-refractivity contribution in [2.24, 2.45) is 7.05 Å². The highest BCUT2D eigenvalue weighted by Gasteiger charge is 2.33. The van der Waals surface area contributed by atoms with Crippen molar-refractivity contribution in [2.75, 3.05) is 5.73 Å². The van der Waals surface area contributed by atoms with Crippen LogP contribution in [0.1, 0.15) is 49.8 Å². The number of aromatic nitrogens is 3. The number of nitrogen functional groups attached to an aromatic ring is 1. The number of rotatable bonds is 1. The topological polar surface area (TPSA) is 106 Å². The summed E-state index contributed by atoms with van der Waals surface area (Å²) in [4.78, 5) is 20.4. The molecule has 0 spiro atoms. The van der Waals surface area contributed by atoms with Gasteiger partial charge in [0.25, 0.3) is 5.91 Å². The second-order valence-electron chi connectivity index (χ2n) is 5.24. The highest BCUT2D eigenvalue weighted by Crippen LogP contribution is 2.38. The van der Waals surface area contributed by atoms with Gasteiger partial charge in [-0.05, 0) is 17.7 Å². The SMILES string of the molecule is CC.CC.Cn1ccc2c(-c3cnc(N)c4c3C(O)NC4=O)ccnc21. The number of amides is 1. The maximum Gasteiger partial charge on any atom is 0.257 e. The van der Waals surface area contributed by atoms with E-state index in [2.05, 4.69) is 15.3 Å². The van der Waals surface area contributed by atoms with E-state index in [-0.39, 0.29) is 11.4 Å². The van der Waals surface area contributed by atoms with Gasteiger partial charge in [-0.15, -0.1) is 0 Å². The van der Waals surface area contributed by atoms with Gasteiger partial charge in [-0.1, -0.05) is 27.7 Å². The highest BCUT2D eigenvalue weighted by molar-refractivity contribution is 6.06. The second-order valence-corrected chi connectivity index (χ2v) is 5.24. The normalized spacial score (nSPS) is 14.7. The molecule has 1 atom stereocenters. The van der Waals surface area contributed by atoms with Gasteiger partial charge in [-0.3, -0.25) is 4.79 Å². The lowest BCUT2D eigenvalue weighted by atomic mass is 9.97. The molecular weight excluding hydrogens is 330 g/mol. The van der Waals surface area contributed by atoms with Crippen molar-refractivity contribution in [3.05, 3.63) is 41.9 Å². The van der Waals surface area contributed by atoms with Gasteiger partial charge >= 0.3 is 0 Å². The number of hydrogen-bond donors (Lipinski definition) is 3. The molecule has 0 fully saturated rings. The van der Waals surface area contributed by atoms with Crippen LogP contribution < -0.4 is 11.1 Å². The van der Waals surface area contributed by atoms with Gasteiger partial charge < -0.3 is 20.7 Å². The zero-order valence-corrected chi connectivity index (χ0v) is 15.7. The average Bonchev–Trinajstić information content (AvgIpc) is 3.20. The molecule has 4 heterocycles. The molecule has 7 heteroatoms. The predicted octanol–water partition coefficient (Wildman–Crippen LogP) is 3.00. The van der Waals surface area contributed by atoms with Crippen LogP contribution in [-0.4, -0.2) is 25.5 Å². The number of aliphatic hydroxyl groups is 1. The number of carbonyl (C=O) groups is 1. The maximum absolute atomic E-state index is 11.9. The molecule has 3 aromatic rings. The quantitative estimate of drug-likeness (QED) is 0.622. The standard InChI is InChI=1S/C15H13N5O2.2C2H6/c1-20-5-3-8-7(2-4-17-13(8)20)9-6-18-12(16)11-10(9)14(21)19-15(11)22;2*1-2/h2-6,14,21H,1H3,(H2,16,18)(H,19,22);2*1-2H3. The monoisotopic (exact) mass is 355 g/mol. The summed E-state index contributed by atoms with van der Waals surface area (Å²) < 4.78 is 1.91.